The average molecular weight is 488 g/mol. The standard InChI is InChI=1S/C18H31N4O4S.Y/c1-12(10-23)20(5)17(25)14-8-7-9-22(14)16(24)13(2)21(6)18(26)15(11-27)19(3)4;/h12-15,27H,7-9,11H2,1-6H3;/q-1;. The molecule has 0 aromatic carbocycles. The third kappa shape index (κ3) is 6.24. The normalized spacial score (nSPS) is 19.4. The Morgan fingerprint density at radius 2 is 1.71 bits per heavy atom. The number of rotatable bonds is 8. The largest absolute Gasteiger partial charge is 0.540 e. The Morgan fingerprint density at radius 3 is 2.18 bits per heavy atom. The molecule has 0 aliphatic carbocycles. The zero-order chi connectivity index (χ0) is 20.9. The Bertz CT molecular complexity index is 578. The van der Waals surface area contributed by atoms with Gasteiger partial charge >= 0.3 is 0 Å². The molecule has 1 aliphatic heterocycles. The molecule has 0 N–H and O–H groups in total. The van der Waals surface area contributed by atoms with Gasteiger partial charge in [-0.05, 0) is 33.9 Å². The topological polar surface area (TPSA) is 81.2 Å². The predicted molar refractivity (Wildman–Crippen MR) is 106 cm³/mol. The molecule has 1 rings (SSSR count). The number of carbonyl (C=O) groups excluding carboxylic acids is 4. The molecule has 0 aromatic rings. The van der Waals surface area contributed by atoms with Gasteiger partial charge in [0.15, 0.2) is 0 Å². The fraction of sp³-hybridized carbons (Fsp3) is 0.778. The number of nitrogens with zero attached hydrogens (tertiary/aromatic N) is 4. The van der Waals surface area contributed by atoms with Crippen LogP contribution in [-0.2, 0) is 51.9 Å². The molecular formula is C18H31N4O4SY-. The Labute approximate surface area is 198 Å². The molecular weight excluding hydrogens is 457 g/mol. The van der Waals surface area contributed by atoms with Gasteiger partial charge in [0.2, 0.25) is 17.7 Å². The van der Waals surface area contributed by atoms with Crippen LogP contribution < -0.4 is 0 Å². The minimum atomic E-state index is -0.700. The Hall–Kier alpha value is -0.506. The van der Waals surface area contributed by atoms with E-state index < -0.39 is 24.2 Å². The summed E-state index contributed by atoms with van der Waals surface area (Å²) >= 11 is 4.22. The number of hydrogen-bond donors (Lipinski definition) is 1. The second kappa shape index (κ2) is 12.2. The second-order valence-electron chi connectivity index (χ2n) is 7.22. The van der Waals surface area contributed by atoms with E-state index in [-0.39, 0.29) is 50.4 Å². The molecule has 28 heavy (non-hydrogen) atoms. The first-order valence-electron chi connectivity index (χ1n) is 9.07. The Morgan fingerprint density at radius 1 is 1.14 bits per heavy atom. The van der Waals surface area contributed by atoms with Gasteiger partial charge in [-0.1, -0.05) is 13.0 Å². The average Bonchev–Trinajstić information content (AvgIpc) is 3.13. The van der Waals surface area contributed by atoms with Gasteiger partial charge in [-0.3, -0.25) is 19.3 Å². The van der Waals surface area contributed by atoms with Gasteiger partial charge in [0.05, 0.1) is 6.04 Å². The molecule has 1 aliphatic rings. The van der Waals surface area contributed by atoms with Gasteiger partial charge in [-0.2, -0.15) is 12.6 Å². The molecule has 0 spiro atoms. The van der Waals surface area contributed by atoms with Crippen molar-refractivity contribution < 1.29 is 51.9 Å². The molecule has 8 nitrogen and oxygen atoms in total. The van der Waals surface area contributed by atoms with E-state index in [0.717, 1.165) is 0 Å². The smallest absolute Gasteiger partial charge is 0.245 e. The van der Waals surface area contributed by atoms with Crippen molar-refractivity contribution in [1.29, 1.82) is 0 Å². The summed E-state index contributed by atoms with van der Waals surface area (Å²) in [5, 5.41) is 0. The van der Waals surface area contributed by atoms with Gasteiger partial charge in [0.1, 0.15) is 12.1 Å². The third-order valence-corrected chi connectivity index (χ3v) is 5.63. The number of hydrogen-bond acceptors (Lipinski definition) is 6. The van der Waals surface area contributed by atoms with Crippen molar-refractivity contribution in [2.24, 2.45) is 0 Å². The quantitative estimate of drug-likeness (QED) is 0.373. The maximum Gasteiger partial charge on any atom is 0.245 e. The van der Waals surface area contributed by atoms with Crippen molar-refractivity contribution in [1.82, 2.24) is 19.6 Å². The van der Waals surface area contributed by atoms with E-state index in [4.69, 9.17) is 0 Å². The fourth-order valence-corrected chi connectivity index (χ4v) is 3.57. The molecule has 10 heteroatoms. The van der Waals surface area contributed by atoms with Crippen molar-refractivity contribution in [2.75, 3.05) is 40.5 Å². The number of likely N-dealkylation sites (tertiary alicyclic amines) is 1. The summed E-state index contributed by atoms with van der Waals surface area (Å²) in [4.78, 5) is 55.2. The van der Waals surface area contributed by atoms with Crippen LogP contribution in [0.4, 0.5) is 0 Å². The van der Waals surface area contributed by atoms with Gasteiger partial charge in [-0.15, -0.1) is 0 Å². The molecule has 1 heterocycles. The van der Waals surface area contributed by atoms with Gasteiger partial charge in [-0.25, -0.2) is 6.29 Å². The first-order valence-corrected chi connectivity index (χ1v) is 9.70. The molecule has 4 atom stereocenters. The van der Waals surface area contributed by atoms with E-state index in [9.17, 15) is 19.2 Å². The van der Waals surface area contributed by atoms with E-state index in [1.165, 1.54) is 21.7 Å². The zero-order valence-corrected chi connectivity index (χ0v) is 21.3. The monoisotopic (exact) mass is 488 g/mol. The van der Waals surface area contributed by atoms with E-state index in [2.05, 4.69) is 12.6 Å². The van der Waals surface area contributed by atoms with E-state index in [1.807, 2.05) is 0 Å². The summed E-state index contributed by atoms with van der Waals surface area (Å²) in [6.45, 7) is 3.70. The van der Waals surface area contributed by atoms with Gasteiger partial charge in [0, 0.05) is 59.1 Å². The molecule has 1 fully saturated rings. The summed E-state index contributed by atoms with van der Waals surface area (Å²) < 4.78 is 0. The Kier molecular flexibility index (Phi) is 12.0. The summed E-state index contributed by atoms with van der Waals surface area (Å²) in [7, 11) is 6.70. The van der Waals surface area contributed by atoms with Crippen LogP contribution in [-0.4, -0.2) is 108 Å². The number of amides is 3. The number of likely N-dealkylation sites (N-methyl/N-ethyl adjacent to an activating group) is 3. The van der Waals surface area contributed by atoms with Gasteiger partial charge in [0.25, 0.3) is 0 Å². The molecule has 157 valence electrons. The summed E-state index contributed by atoms with van der Waals surface area (Å²) in [6.07, 6.45) is 3.03. The Balaban J connectivity index is 0.00000729. The van der Waals surface area contributed by atoms with E-state index in [1.54, 1.807) is 46.2 Å². The third-order valence-electron chi connectivity index (χ3n) is 5.29. The van der Waals surface area contributed by atoms with Crippen LogP contribution in [0.1, 0.15) is 26.7 Å². The minimum Gasteiger partial charge on any atom is -0.540 e. The van der Waals surface area contributed by atoms with Crippen molar-refractivity contribution in [3.63, 3.8) is 0 Å². The fourth-order valence-electron chi connectivity index (χ4n) is 3.09. The van der Waals surface area contributed by atoms with Crippen LogP contribution >= 0.6 is 12.6 Å². The van der Waals surface area contributed by atoms with Gasteiger partial charge < -0.3 is 19.5 Å². The van der Waals surface area contributed by atoms with Crippen LogP contribution in [0, 0.1) is 0 Å². The first-order chi connectivity index (χ1) is 12.6. The van der Waals surface area contributed by atoms with Crippen molar-refractivity contribution >= 4 is 36.6 Å². The zero-order valence-electron chi connectivity index (χ0n) is 17.6. The number of carbonyl (C=O) groups is 3. The SMILES string of the molecule is CC([C-]=O)N(C)C(=O)C1CCCN1C(=O)C(C)N(C)C(=O)C(CS)N(C)C.[Y]. The van der Waals surface area contributed by atoms with Crippen molar-refractivity contribution in [3.05, 3.63) is 0 Å². The molecule has 0 aromatic heterocycles. The maximum atomic E-state index is 13.0. The summed E-state index contributed by atoms with van der Waals surface area (Å²) in [5.74, 6) is -0.402. The molecule has 4 unspecified atom stereocenters. The first kappa shape index (κ1) is 27.5. The maximum absolute atomic E-state index is 13.0. The van der Waals surface area contributed by atoms with E-state index in [0.29, 0.717) is 25.1 Å². The van der Waals surface area contributed by atoms with Crippen LogP contribution in [0.3, 0.4) is 0 Å². The summed E-state index contributed by atoms with van der Waals surface area (Å²) in [6, 6.07) is -2.42. The molecule has 1 radical (unpaired) electrons. The van der Waals surface area contributed by atoms with Crippen LogP contribution in [0.15, 0.2) is 0 Å². The van der Waals surface area contributed by atoms with Crippen molar-refractivity contribution in [3.8, 4) is 0 Å². The molecule has 3 amide bonds. The second-order valence-corrected chi connectivity index (χ2v) is 7.58. The van der Waals surface area contributed by atoms with Crippen LogP contribution in [0.2, 0.25) is 0 Å². The molecule has 1 saturated heterocycles. The van der Waals surface area contributed by atoms with Crippen LogP contribution in [0.5, 0.6) is 0 Å². The van der Waals surface area contributed by atoms with Crippen molar-refractivity contribution in [2.45, 2.75) is 50.9 Å². The summed E-state index contributed by atoms with van der Waals surface area (Å²) in [5.41, 5.74) is 0. The molecule has 0 saturated carbocycles. The van der Waals surface area contributed by atoms with E-state index >= 15 is 0 Å². The predicted octanol–water partition coefficient (Wildman–Crippen LogP) is -0.362. The van der Waals surface area contributed by atoms with Crippen LogP contribution in [0.25, 0.3) is 0 Å². The minimum absolute atomic E-state index is 0. The number of thiol groups is 1. The molecule has 0 bridgehead atoms.